The first-order valence-corrected chi connectivity index (χ1v) is 6.92. The van der Waals surface area contributed by atoms with Crippen molar-refractivity contribution < 1.29 is 14.1 Å². The predicted molar refractivity (Wildman–Crippen MR) is 74.3 cm³/mol. The molecule has 0 aliphatic carbocycles. The van der Waals surface area contributed by atoms with E-state index in [2.05, 4.69) is 12.2 Å². The number of rotatable bonds is 5. The number of hydrogen-bond donors (Lipinski definition) is 1. The van der Waals surface area contributed by atoms with Crippen LogP contribution >= 0.6 is 0 Å². The van der Waals surface area contributed by atoms with E-state index in [4.69, 9.17) is 4.74 Å². The summed E-state index contributed by atoms with van der Waals surface area (Å²) < 4.78 is 18.7. The lowest BCUT2D eigenvalue weighted by atomic mass is 9.99. The average molecular weight is 282 g/mol. The monoisotopic (exact) mass is 282 g/mol. The highest BCUT2D eigenvalue weighted by molar-refractivity contribution is 5.61. The van der Waals surface area contributed by atoms with Crippen molar-refractivity contribution >= 4 is 11.4 Å². The fraction of sp³-hybridized carbons (Fsp3) is 0.571. The Bertz CT molecular complexity index is 479. The van der Waals surface area contributed by atoms with Gasteiger partial charge in [-0.25, -0.2) is 4.39 Å². The van der Waals surface area contributed by atoms with Crippen LogP contribution in [0.25, 0.3) is 0 Å². The number of benzene rings is 1. The van der Waals surface area contributed by atoms with E-state index in [-0.39, 0.29) is 17.8 Å². The number of hydrogen-bond acceptors (Lipinski definition) is 4. The smallest absolute Gasteiger partial charge is 0.295 e. The van der Waals surface area contributed by atoms with Crippen LogP contribution < -0.4 is 5.32 Å². The van der Waals surface area contributed by atoms with Crippen LogP contribution in [0.4, 0.5) is 15.8 Å². The standard InChI is InChI=1S/C14H19FN2O3/c1-2-3-12-9-11(6-7-20-12)16-13-5-4-10(15)8-14(13)17(18)19/h4-5,8,11-12,16H,2-3,6-7,9H2,1H3. The Morgan fingerprint density at radius 2 is 2.35 bits per heavy atom. The fourth-order valence-electron chi connectivity index (χ4n) is 2.53. The summed E-state index contributed by atoms with van der Waals surface area (Å²) in [6.07, 6.45) is 3.86. The second-order valence-electron chi connectivity index (χ2n) is 5.07. The van der Waals surface area contributed by atoms with Crippen LogP contribution in [0.2, 0.25) is 0 Å². The van der Waals surface area contributed by atoms with Crippen molar-refractivity contribution in [3.05, 3.63) is 34.1 Å². The summed E-state index contributed by atoms with van der Waals surface area (Å²) >= 11 is 0. The van der Waals surface area contributed by atoms with E-state index in [9.17, 15) is 14.5 Å². The number of nitro groups is 1. The van der Waals surface area contributed by atoms with Crippen molar-refractivity contribution in [3.8, 4) is 0 Å². The van der Waals surface area contributed by atoms with E-state index >= 15 is 0 Å². The van der Waals surface area contributed by atoms with Crippen LogP contribution in [-0.4, -0.2) is 23.7 Å². The van der Waals surface area contributed by atoms with Crippen LogP contribution in [0.5, 0.6) is 0 Å². The van der Waals surface area contributed by atoms with E-state index < -0.39 is 10.7 Å². The first-order chi connectivity index (χ1) is 9.60. The third-order valence-electron chi connectivity index (χ3n) is 3.49. The number of nitro benzene ring substituents is 1. The molecule has 0 saturated carbocycles. The maximum atomic E-state index is 13.1. The molecule has 0 amide bonds. The maximum Gasteiger partial charge on any atom is 0.295 e. The van der Waals surface area contributed by atoms with Crippen molar-refractivity contribution in [2.75, 3.05) is 11.9 Å². The number of nitrogens with zero attached hydrogens (tertiary/aromatic N) is 1. The molecule has 2 unspecified atom stereocenters. The number of ether oxygens (including phenoxy) is 1. The highest BCUT2D eigenvalue weighted by Crippen LogP contribution is 2.28. The first-order valence-electron chi connectivity index (χ1n) is 6.92. The molecular formula is C14H19FN2O3. The Hall–Kier alpha value is -1.69. The molecule has 5 nitrogen and oxygen atoms in total. The summed E-state index contributed by atoms with van der Waals surface area (Å²) in [4.78, 5) is 10.4. The lowest BCUT2D eigenvalue weighted by Crippen LogP contribution is -2.34. The van der Waals surface area contributed by atoms with Gasteiger partial charge in [-0.3, -0.25) is 10.1 Å². The number of anilines is 1. The van der Waals surface area contributed by atoms with Gasteiger partial charge in [0.05, 0.1) is 17.1 Å². The van der Waals surface area contributed by atoms with Crippen LogP contribution in [0, 0.1) is 15.9 Å². The Kier molecular flexibility index (Phi) is 4.89. The van der Waals surface area contributed by atoms with Crippen LogP contribution in [0.3, 0.4) is 0 Å². The van der Waals surface area contributed by atoms with Gasteiger partial charge in [-0.1, -0.05) is 13.3 Å². The molecule has 1 aliphatic rings. The fourth-order valence-corrected chi connectivity index (χ4v) is 2.53. The zero-order valence-electron chi connectivity index (χ0n) is 11.5. The van der Waals surface area contributed by atoms with E-state index in [1.165, 1.54) is 12.1 Å². The topological polar surface area (TPSA) is 64.4 Å². The summed E-state index contributed by atoms with van der Waals surface area (Å²) in [6.45, 7) is 2.75. The van der Waals surface area contributed by atoms with Gasteiger partial charge in [0.15, 0.2) is 0 Å². The summed E-state index contributed by atoms with van der Waals surface area (Å²) in [6, 6.07) is 3.74. The van der Waals surface area contributed by atoms with Gasteiger partial charge in [0.25, 0.3) is 5.69 Å². The Balaban J connectivity index is 2.07. The molecule has 1 aromatic rings. The lowest BCUT2D eigenvalue weighted by Gasteiger charge is -2.30. The summed E-state index contributed by atoms with van der Waals surface area (Å²) in [5, 5.41) is 14.1. The van der Waals surface area contributed by atoms with Crippen molar-refractivity contribution in [3.63, 3.8) is 0 Å². The molecule has 2 rings (SSSR count). The Labute approximate surface area is 117 Å². The van der Waals surface area contributed by atoms with Crippen LogP contribution in [-0.2, 0) is 4.74 Å². The van der Waals surface area contributed by atoms with Crippen LogP contribution in [0.1, 0.15) is 32.6 Å². The first kappa shape index (κ1) is 14.7. The second-order valence-corrected chi connectivity index (χ2v) is 5.07. The molecule has 0 radical (unpaired) electrons. The van der Waals surface area contributed by atoms with Gasteiger partial charge < -0.3 is 10.1 Å². The Morgan fingerprint density at radius 3 is 3.05 bits per heavy atom. The minimum absolute atomic E-state index is 0.129. The highest BCUT2D eigenvalue weighted by Gasteiger charge is 2.24. The van der Waals surface area contributed by atoms with Gasteiger partial charge in [-0.15, -0.1) is 0 Å². The molecular weight excluding hydrogens is 263 g/mol. The van der Waals surface area contributed by atoms with Gasteiger partial charge in [-0.05, 0) is 31.4 Å². The van der Waals surface area contributed by atoms with Gasteiger partial charge in [0, 0.05) is 12.6 Å². The van der Waals surface area contributed by atoms with Gasteiger partial charge >= 0.3 is 0 Å². The summed E-state index contributed by atoms with van der Waals surface area (Å²) in [5.41, 5.74) is 0.155. The third-order valence-corrected chi connectivity index (χ3v) is 3.49. The number of nitrogens with one attached hydrogen (secondary N) is 1. The summed E-state index contributed by atoms with van der Waals surface area (Å²) in [7, 11) is 0. The molecule has 0 aromatic heterocycles. The molecule has 0 bridgehead atoms. The normalized spacial score (nSPS) is 22.5. The minimum Gasteiger partial charge on any atom is -0.378 e. The zero-order chi connectivity index (χ0) is 14.5. The van der Waals surface area contributed by atoms with E-state index in [0.29, 0.717) is 12.3 Å². The lowest BCUT2D eigenvalue weighted by molar-refractivity contribution is -0.384. The van der Waals surface area contributed by atoms with Crippen molar-refractivity contribution in [2.45, 2.75) is 44.8 Å². The van der Waals surface area contributed by atoms with Crippen LogP contribution in [0.15, 0.2) is 18.2 Å². The molecule has 1 aliphatic heterocycles. The molecule has 1 saturated heterocycles. The third kappa shape index (κ3) is 3.66. The van der Waals surface area contributed by atoms with Gasteiger partial charge in [0.1, 0.15) is 11.5 Å². The van der Waals surface area contributed by atoms with Gasteiger partial charge in [-0.2, -0.15) is 0 Å². The van der Waals surface area contributed by atoms with E-state index in [1.54, 1.807) is 0 Å². The highest BCUT2D eigenvalue weighted by atomic mass is 19.1. The quantitative estimate of drug-likeness (QED) is 0.663. The molecule has 0 spiro atoms. The molecule has 1 fully saturated rings. The predicted octanol–water partition coefficient (Wildman–Crippen LogP) is 3.49. The number of halogens is 1. The summed E-state index contributed by atoms with van der Waals surface area (Å²) in [5.74, 6) is -0.599. The van der Waals surface area contributed by atoms with E-state index in [0.717, 1.165) is 31.7 Å². The molecule has 1 aromatic carbocycles. The molecule has 110 valence electrons. The molecule has 1 N–H and O–H groups in total. The van der Waals surface area contributed by atoms with Crippen molar-refractivity contribution in [1.29, 1.82) is 0 Å². The molecule has 1 heterocycles. The molecule has 6 heteroatoms. The zero-order valence-corrected chi connectivity index (χ0v) is 11.5. The molecule has 2 atom stereocenters. The van der Waals surface area contributed by atoms with Gasteiger partial charge in [0.2, 0.25) is 0 Å². The van der Waals surface area contributed by atoms with Crippen molar-refractivity contribution in [1.82, 2.24) is 0 Å². The maximum absolute atomic E-state index is 13.1. The Morgan fingerprint density at radius 1 is 1.55 bits per heavy atom. The minimum atomic E-state index is -0.599. The second kappa shape index (κ2) is 6.65. The van der Waals surface area contributed by atoms with Crippen molar-refractivity contribution in [2.24, 2.45) is 0 Å². The largest absolute Gasteiger partial charge is 0.378 e. The van der Waals surface area contributed by atoms with E-state index in [1.807, 2.05) is 0 Å². The SMILES string of the molecule is CCCC1CC(Nc2ccc(F)cc2[N+](=O)[O-])CCO1. The average Bonchev–Trinajstić information content (AvgIpc) is 2.41. The molecule has 20 heavy (non-hydrogen) atoms.